The second-order valence-electron chi connectivity index (χ2n) is 4.35. The average Bonchev–Trinajstić information content (AvgIpc) is 2.34. The van der Waals surface area contributed by atoms with E-state index in [2.05, 4.69) is 36.2 Å². The highest BCUT2D eigenvalue weighted by molar-refractivity contribution is 7.98. The summed E-state index contributed by atoms with van der Waals surface area (Å²) < 4.78 is 0. The molecule has 0 aliphatic heterocycles. The summed E-state index contributed by atoms with van der Waals surface area (Å²) in [4.78, 5) is 6.81. The molecule has 0 N–H and O–H groups in total. The number of nitrogens with zero attached hydrogens (tertiary/aromatic N) is 2. The number of rotatable bonds is 6. The van der Waals surface area contributed by atoms with E-state index in [1.165, 1.54) is 12.2 Å². The second kappa shape index (κ2) is 7.12. The summed E-state index contributed by atoms with van der Waals surface area (Å²) in [5, 5.41) is 0. The second-order valence-corrected chi connectivity index (χ2v) is 5.60. The molecule has 4 heteroatoms. The van der Waals surface area contributed by atoms with Gasteiger partial charge in [0, 0.05) is 24.7 Å². The van der Waals surface area contributed by atoms with Gasteiger partial charge in [-0.15, -0.1) is 11.6 Å². The Kier molecular flexibility index (Phi) is 6.14. The predicted octanol–water partition coefficient (Wildman–Crippen LogP) is 3.71. The molecule has 0 fully saturated rings. The van der Waals surface area contributed by atoms with Crippen LogP contribution >= 0.6 is 23.4 Å². The first kappa shape index (κ1) is 14.7. The summed E-state index contributed by atoms with van der Waals surface area (Å²) in [6, 6.07) is 4.62. The fraction of sp³-hybridized carbons (Fsp3) is 0.615. The van der Waals surface area contributed by atoms with Gasteiger partial charge in [0.05, 0.1) is 0 Å². The van der Waals surface area contributed by atoms with Gasteiger partial charge in [0.1, 0.15) is 5.82 Å². The van der Waals surface area contributed by atoms with Crippen molar-refractivity contribution in [2.24, 2.45) is 0 Å². The van der Waals surface area contributed by atoms with Gasteiger partial charge in [-0.1, -0.05) is 0 Å². The lowest BCUT2D eigenvalue weighted by atomic mass is 10.2. The molecule has 1 atom stereocenters. The first-order chi connectivity index (χ1) is 8.08. The third-order valence-corrected chi connectivity index (χ3v) is 3.87. The van der Waals surface area contributed by atoms with Gasteiger partial charge in [0.25, 0.3) is 0 Å². The third-order valence-electron chi connectivity index (χ3n) is 2.92. The Morgan fingerprint density at radius 1 is 1.47 bits per heavy atom. The van der Waals surface area contributed by atoms with Crippen molar-refractivity contribution in [2.75, 3.05) is 24.0 Å². The van der Waals surface area contributed by atoms with Crippen molar-refractivity contribution in [3.8, 4) is 0 Å². The molecule has 1 aromatic heterocycles. The Hall–Kier alpha value is -0.410. The highest BCUT2D eigenvalue weighted by atomic mass is 35.5. The number of anilines is 1. The van der Waals surface area contributed by atoms with Crippen LogP contribution in [0.15, 0.2) is 12.1 Å². The monoisotopic (exact) mass is 272 g/mol. The zero-order valence-corrected chi connectivity index (χ0v) is 12.6. The van der Waals surface area contributed by atoms with Crippen molar-refractivity contribution < 1.29 is 0 Å². The maximum atomic E-state index is 5.89. The molecule has 0 aliphatic carbocycles. The topological polar surface area (TPSA) is 16.1 Å². The van der Waals surface area contributed by atoms with E-state index in [4.69, 9.17) is 11.6 Å². The first-order valence-electron chi connectivity index (χ1n) is 5.83. The number of aromatic nitrogens is 1. The Labute approximate surface area is 114 Å². The minimum Gasteiger partial charge on any atom is -0.357 e. The SMILES string of the molecule is CSCCC(C)N(C)c1cc(CCl)cc(C)n1. The van der Waals surface area contributed by atoms with Gasteiger partial charge >= 0.3 is 0 Å². The minimum absolute atomic E-state index is 0.500. The van der Waals surface area contributed by atoms with Gasteiger partial charge in [0.15, 0.2) is 0 Å². The third kappa shape index (κ3) is 4.40. The maximum absolute atomic E-state index is 5.89. The lowest BCUT2D eigenvalue weighted by Crippen LogP contribution is -2.30. The van der Waals surface area contributed by atoms with Gasteiger partial charge in [-0.3, -0.25) is 0 Å². The quantitative estimate of drug-likeness (QED) is 0.735. The molecule has 0 aliphatic rings. The molecule has 17 heavy (non-hydrogen) atoms. The molecule has 1 unspecified atom stereocenters. The van der Waals surface area contributed by atoms with Gasteiger partial charge in [-0.05, 0) is 50.0 Å². The first-order valence-corrected chi connectivity index (χ1v) is 7.76. The fourth-order valence-electron chi connectivity index (χ4n) is 1.69. The van der Waals surface area contributed by atoms with Crippen molar-refractivity contribution in [2.45, 2.75) is 32.2 Å². The van der Waals surface area contributed by atoms with E-state index in [9.17, 15) is 0 Å². The van der Waals surface area contributed by atoms with Gasteiger partial charge in [-0.25, -0.2) is 4.98 Å². The summed E-state index contributed by atoms with van der Waals surface area (Å²) in [7, 11) is 2.10. The van der Waals surface area contributed by atoms with E-state index in [1.807, 2.05) is 24.8 Å². The van der Waals surface area contributed by atoms with Crippen LogP contribution in [0.1, 0.15) is 24.6 Å². The van der Waals surface area contributed by atoms with Crippen molar-refractivity contribution >= 4 is 29.2 Å². The summed E-state index contributed by atoms with van der Waals surface area (Å²) in [6.07, 6.45) is 3.31. The molecule has 2 nitrogen and oxygen atoms in total. The highest BCUT2D eigenvalue weighted by Gasteiger charge is 2.11. The van der Waals surface area contributed by atoms with E-state index in [0.717, 1.165) is 17.1 Å². The number of hydrogen-bond acceptors (Lipinski definition) is 3. The molecule has 0 radical (unpaired) electrons. The highest BCUT2D eigenvalue weighted by Crippen LogP contribution is 2.19. The van der Waals surface area contributed by atoms with Gasteiger partial charge < -0.3 is 4.90 Å². The van der Waals surface area contributed by atoms with E-state index >= 15 is 0 Å². The number of alkyl halides is 1. The Bertz CT molecular complexity index is 357. The van der Waals surface area contributed by atoms with Crippen LogP contribution < -0.4 is 4.90 Å². The molecule has 0 aromatic carbocycles. The van der Waals surface area contributed by atoms with Gasteiger partial charge in [0.2, 0.25) is 0 Å². The summed E-state index contributed by atoms with van der Waals surface area (Å²) in [5.41, 5.74) is 2.17. The number of hydrogen-bond donors (Lipinski definition) is 0. The minimum atomic E-state index is 0.500. The predicted molar refractivity (Wildman–Crippen MR) is 79.4 cm³/mol. The molecular weight excluding hydrogens is 252 g/mol. The van der Waals surface area contributed by atoms with E-state index in [-0.39, 0.29) is 0 Å². The molecule has 0 saturated carbocycles. The molecule has 0 spiro atoms. The molecule has 0 bridgehead atoms. The van der Waals surface area contributed by atoms with E-state index in [1.54, 1.807) is 0 Å². The van der Waals surface area contributed by atoms with Crippen LogP contribution in [0.25, 0.3) is 0 Å². The van der Waals surface area contributed by atoms with Crippen LogP contribution in [0.4, 0.5) is 5.82 Å². The lowest BCUT2D eigenvalue weighted by molar-refractivity contribution is 0.661. The van der Waals surface area contributed by atoms with Crippen molar-refractivity contribution in [3.05, 3.63) is 23.4 Å². The molecule has 0 saturated heterocycles. The Morgan fingerprint density at radius 2 is 2.18 bits per heavy atom. The van der Waals surface area contributed by atoms with Gasteiger partial charge in [-0.2, -0.15) is 11.8 Å². The van der Waals surface area contributed by atoms with Crippen LogP contribution in [0.2, 0.25) is 0 Å². The standard InChI is InChI=1S/C13H21ClN2S/c1-10-7-12(9-14)8-13(15-10)16(3)11(2)5-6-17-4/h7-8,11H,5-6,9H2,1-4H3. The Balaban J connectivity index is 2.80. The zero-order valence-electron chi connectivity index (χ0n) is 11.0. The van der Waals surface area contributed by atoms with Crippen molar-refractivity contribution in [3.63, 3.8) is 0 Å². The van der Waals surface area contributed by atoms with E-state index < -0.39 is 0 Å². The number of aryl methyl sites for hydroxylation is 1. The van der Waals surface area contributed by atoms with Crippen molar-refractivity contribution in [1.82, 2.24) is 4.98 Å². The summed E-state index contributed by atoms with van der Waals surface area (Å²) in [6.45, 7) is 4.25. The summed E-state index contributed by atoms with van der Waals surface area (Å²) in [5.74, 6) is 2.75. The summed E-state index contributed by atoms with van der Waals surface area (Å²) >= 11 is 7.77. The molecular formula is C13H21ClN2S. The van der Waals surface area contributed by atoms with Crippen LogP contribution in [0, 0.1) is 6.92 Å². The van der Waals surface area contributed by atoms with Crippen LogP contribution in [0.5, 0.6) is 0 Å². The molecule has 1 aromatic rings. The average molecular weight is 273 g/mol. The normalized spacial score (nSPS) is 12.5. The molecule has 0 amide bonds. The van der Waals surface area contributed by atoms with Crippen molar-refractivity contribution in [1.29, 1.82) is 0 Å². The Morgan fingerprint density at radius 3 is 2.76 bits per heavy atom. The number of halogens is 1. The zero-order chi connectivity index (χ0) is 12.8. The number of thioether (sulfide) groups is 1. The fourth-order valence-corrected chi connectivity index (χ4v) is 2.42. The molecule has 96 valence electrons. The largest absolute Gasteiger partial charge is 0.357 e. The molecule has 1 rings (SSSR count). The lowest BCUT2D eigenvalue weighted by Gasteiger charge is -2.26. The number of pyridine rings is 1. The maximum Gasteiger partial charge on any atom is 0.129 e. The van der Waals surface area contributed by atoms with Crippen LogP contribution in [0.3, 0.4) is 0 Å². The van der Waals surface area contributed by atoms with E-state index in [0.29, 0.717) is 11.9 Å². The van der Waals surface area contributed by atoms with Crippen LogP contribution in [-0.4, -0.2) is 30.1 Å². The molecule has 1 heterocycles. The van der Waals surface area contributed by atoms with Crippen LogP contribution in [-0.2, 0) is 5.88 Å². The smallest absolute Gasteiger partial charge is 0.129 e.